The van der Waals surface area contributed by atoms with Crippen LogP contribution in [0.2, 0.25) is 0 Å². The minimum absolute atomic E-state index is 0.0191. The van der Waals surface area contributed by atoms with Crippen molar-refractivity contribution in [2.45, 2.75) is 142 Å². The Kier molecular flexibility index (Phi) is 24.1. The summed E-state index contributed by atoms with van der Waals surface area (Å²) in [6.07, 6.45) is 25.2. The molecule has 38 heavy (non-hydrogen) atoms. The lowest BCUT2D eigenvalue weighted by atomic mass is 10.0. The summed E-state index contributed by atoms with van der Waals surface area (Å²) in [5.41, 5.74) is 0. The molecule has 0 atom stereocenters. The van der Waals surface area contributed by atoms with Gasteiger partial charge in [0.15, 0.2) is 0 Å². The standard InChI is InChI=1S/C31H57NO6/c1-2-3-4-5-6-7-8-9-10-11-12-13-14-15-16-17-18-25-32(26-19-22-29(33)34,27-20-23-30(35)36)28-21-24-31(37)38/h2-3H,4-28H2,1H3,(H2-,33,34,35,36,37,38)/b3-2+. The Balaban J connectivity index is 4.19. The monoisotopic (exact) mass is 539 g/mol. The van der Waals surface area contributed by atoms with Gasteiger partial charge in [-0.2, -0.15) is 0 Å². The maximum Gasteiger partial charge on any atom is 0.303 e. The lowest BCUT2D eigenvalue weighted by Crippen LogP contribution is -2.51. The van der Waals surface area contributed by atoms with Gasteiger partial charge >= 0.3 is 11.9 Å². The molecule has 222 valence electrons. The van der Waals surface area contributed by atoms with E-state index in [-0.39, 0.29) is 19.3 Å². The largest absolute Gasteiger partial charge is 0.550 e. The van der Waals surface area contributed by atoms with Gasteiger partial charge in [0, 0.05) is 25.2 Å². The molecule has 0 saturated carbocycles. The molecule has 0 spiro atoms. The van der Waals surface area contributed by atoms with E-state index in [1.807, 2.05) is 0 Å². The third kappa shape index (κ3) is 24.4. The molecule has 0 rings (SSSR count). The number of rotatable bonds is 29. The van der Waals surface area contributed by atoms with E-state index in [1.54, 1.807) is 0 Å². The summed E-state index contributed by atoms with van der Waals surface area (Å²) in [5.74, 6) is -2.74. The summed E-state index contributed by atoms with van der Waals surface area (Å²) in [5, 5.41) is 29.1. The Morgan fingerprint density at radius 1 is 0.553 bits per heavy atom. The first-order valence-corrected chi connectivity index (χ1v) is 15.4. The summed E-state index contributed by atoms with van der Waals surface area (Å²) in [6, 6.07) is 0. The lowest BCUT2D eigenvalue weighted by Gasteiger charge is -2.39. The number of carboxylic acid groups (broad SMARTS) is 3. The number of nitrogens with zero attached hydrogens (tertiary/aromatic N) is 1. The van der Waals surface area contributed by atoms with Gasteiger partial charge < -0.3 is 24.6 Å². The Morgan fingerprint density at radius 2 is 0.895 bits per heavy atom. The molecule has 0 fully saturated rings. The first-order valence-electron chi connectivity index (χ1n) is 15.4. The van der Waals surface area contributed by atoms with Gasteiger partial charge in [0.25, 0.3) is 0 Å². The first-order chi connectivity index (χ1) is 18.3. The molecular formula is C31H57NO6. The van der Waals surface area contributed by atoms with Gasteiger partial charge in [-0.25, -0.2) is 0 Å². The molecule has 0 aromatic carbocycles. The van der Waals surface area contributed by atoms with Crippen LogP contribution >= 0.6 is 0 Å². The zero-order chi connectivity index (χ0) is 28.3. The van der Waals surface area contributed by atoms with E-state index < -0.39 is 17.9 Å². The van der Waals surface area contributed by atoms with E-state index in [2.05, 4.69) is 19.1 Å². The van der Waals surface area contributed by atoms with Crippen molar-refractivity contribution < 1.29 is 34.2 Å². The van der Waals surface area contributed by atoms with Crippen LogP contribution in [0.5, 0.6) is 0 Å². The summed E-state index contributed by atoms with van der Waals surface area (Å²) in [4.78, 5) is 33.0. The number of allylic oxidation sites excluding steroid dienone is 2. The van der Waals surface area contributed by atoms with Gasteiger partial charge in [0.1, 0.15) is 0 Å². The maximum atomic E-state index is 11.0. The highest BCUT2D eigenvalue weighted by atomic mass is 16.4. The molecule has 0 heterocycles. The molecule has 0 saturated heterocycles. The topological polar surface area (TPSA) is 115 Å². The fourth-order valence-corrected chi connectivity index (χ4v) is 5.36. The number of hydrogen-bond donors (Lipinski definition) is 2. The van der Waals surface area contributed by atoms with Gasteiger partial charge in [0.2, 0.25) is 0 Å². The highest BCUT2D eigenvalue weighted by Gasteiger charge is 2.26. The van der Waals surface area contributed by atoms with E-state index >= 15 is 0 Å². The zero-order valence-electron chi connectivity index (χ0n) is 24.3. The molecule has 0 amide bonds. The van der Waals surface area contributed by atoms with E-state index in [4.69, 9.17) is 10.2 Å². The Morgan fingerprint density at radius 3 is 1.26 bits per heavy atom. The molecule has 7 heteroatoms. The Bertz CT molecular complexity index is 584. The van der Waals surface area contributed by atoms with Crippen molar-refractivity contribution >= 4 is 17.9 Å². The highest BCUT2D eigenvalue weighted by Crippen LogP contribution is 2.19. The maximum absolute atomic E-state index is 11.0. The molecule has 0 aliphatic heterocycles. The second-order valence-electron chi connectivity index (χ2n) is 11.0. The number of carbonyl (C=O) groups excluding carboxylic acids is 1. The van der Waals surface area contributed by atoms with Crippen molar-refractivity contribution in [1.29, 1.82) is 0 Å². The van der Waals surface area contributed by atoms with Crippen molar-refractivity contribution in [3.8, 4) is 0 Å². The Hall–Kier alpha value is -1.89. The van der Waals surface area contributed by atoms with E-state index in [1.165, 1.54) is 83.5 Å². The van der Waals surface area contributed by atoms with Gasteiger partial charge in [0.05, 0.1) is 39.0 Å². The fraction of sp³-hybridized carbons (Fsp3) is 0.839. The summed E-state index contributed by atoms with van der Waals surface area (Å²) in [6.45, 7) is 4.86. The second-order valence-corrected chi connectivity index (χ2v) is 11.0. The van der Waals surface area contributed by atoms with Crippen LogP contribution in [0.15, 0.2) is 12.2 Å². The molecule has 0 aliphatic carbocycles. The van der Waals surface area contributed by atoms with Crippen LogP contribution in [0.4, 0.5) is 0 Å². The van der Waals surface area contributed by atoms with Crippen molar-refractivity contribution in [3.63, 3.8) is 0 Å². The predicted octanol–water partition coefficient (Wildman–Crippen LogP) is 6.49. The quantitative estimate of drug-likeness (QED) is 0.0638. The predicted molar refractivity (Wildman–Crippen MR) is 152 cm³/mol. The van der Waals surface area contributed by atoms with Crippen molar-refractivity contribution in [2.75, 3.05) is 26.2 Å². The number of aliphatic carboxylic acids is 3. The van der Waals surface area contributed by atoms with Gasteiger partial charge in [-0.3, -0.25) is 9.59 Å². The molecule has 2 N–H and O–H groups in total. The van der Waals surface area contributed by atoms with E-state index in [0.29, 0.717) is 43.4 Å². The van der Waals surface area contributed by atoms with Crippen LogP contribution in [0, 0.1) is 0 Å². The molecule has 0 unspecified atom stereocenters. The van der Waals surface area contributed by atoms with Crippen LogP contribution in [0.25, 0.3) is 0 Å². The SMILES string of the molecule is C/C=C/CCCCCCCCCCCCCCCC[N+](CCCC(=O)[O-])(CCCC(=O)O)CCCC(=O)O. The molecule has 0 bridgehead atoms. The average molecular weight is 540 g/mol. The summed E-state index contributed by atoms with van der Waals surface area (Å²) < 4.78 is 0.615. The zero-order valence-corrected chi connectivity index (χ0v) is 24.3. The van der Waals surface area contributed by atoms with Crippen LogP contribution in [0.1, 0.15) is 142 Å². The minimum Gasteiger partial charge on any atom is -0.550 e. The van der Waals surface area contributed by atoms with E-state index in [0.717, 1.165) is 19.4 Å². The van der Waals surface area contributed by atoms with E-state index in [9.17, 15) is 19.5 Å². The molecule has 7 nitrogen and oxygen atoms in total. The number of unbranched alkanes of at least 4 members (excludes halogenated alkanes) is 14. The fourth-order valence-electron chi connectivity index (χ4n) is 5.36. The number of hydrogen-bond acceptors (Lipinski definition) is 4. The molecule has 0 aliphatic rings. The number of quaternary nitrogens is 1. The van der Waals surface area contributed by atoms with Crippen molar-refractivity contribution in [3.05, 3.63) is 12.2 Å². The summed E-state index contributed by atoms with van der Waals surface area (Å²) >= 11 is 0. The lowest BCUT2D eigenvalue weighted by molar-refractivity contribution is -0.929. The third-order valence-corrected chi connectivity index (χ3v) is 7.55. The molecule has 0 aromatic rings. The smallest absolute Gasteiger partial charge is 0.303 e. The summed E-state index contributed by atoms with van der Waals surface area (Å²) in [7, 11) is 0. The molecule has 0 aromatic heterocycles. The average Bonchev–Trinajstić information content (AvgIpc) is 2.85. The van der Waals surface area contributed by atoms with Crippen LogP contribution in [-0.2, 0) is 14.4 Å². The van der Waals surface area contributed by atoms with Gasteiger partial charge in [-0.1, -0.05) is 82.8 Å². The Labute approximate surface area is 232 Å². The van der Waals surface area contributed by atoms with Crippen LogP contribution < -0.4 is 5.11 Å². The second kappa shape index (κ2) is 25.4. The minimum atomic E-state index is -1.07. The van der Waals surface area contributed by atoms with Crippen LogP contribution in [0.3, 0.4) is 0 Å². The number of carbonyl (C=O) groups is 3. The number of carboxylic acids is 3. The first kappa shape index (κ1) is 36.1. The van der Waals surface area contributed by atoms with Crippen LogP contribution in [-0.4, -0.2) is 58.8 Å². The van der Waals surface area contributed by atoms with Gasteiger partial charge in [-0.05, 0) is 39.0 Å². The third-order valence-electron chi connectivity index (χ3n) is 7.55. The van der Waals surface area contributed by atoms with Gasteiger partial charge in [-0.15, -0.1) is 0 Å². The van der Waals surface area contributed by atoms with Crippen molar-refractivity contribution in [2.24, 2.45) is 0 Å². The molecule has 0 radical (unpaired) electrons. The normalized spacial score (nSPS) is 11.8. The molecular weight excluding hydrogens is 482 g/mol. The highest BCUT2D eigenvalue weighted by molar-refractivity contribution is 5.66. The van der Waals surface area contributed by atoms with Crippen molar-refractivity contribution in [1.82, 2.24) is 0 Å².